The van der Waals surface area contributed by atoms with Crippen molar-refractivity contribution in [3.8, 4) is 0 Å². The first-order valence-corrected chi connectivity index (χ1v) is 4.03. The summed E-state index contributed by atoms with van der Waals surface area (Å²) in [6, 6.07) is 0. The van der Waals surface area contributed by atoms with E-state index >= 15 is 0 Å². The van der Waals surface area contributed by atoms with Crippen LogP contribution in [0.25, 0.3) is 0 Å². The predicted octanol–water partition coefficient (Wildman–Crippen LogP) is 1.66. The lowest BCUT2D eigenvalue weighted by Crippen LogP contribution is -2.26. The summed E-state index contributed by atoms with van der Waals surface area (Å²) in [6.45, 7) is 2.99. The molecule has 0 fully saturated rings. The summed E-state index contributed by atoms with van der Waals surface area (Å²) >= 11 is 0. The molecule has 0 amide bonds. The summed E-state index contributed by atoms with van der Waals surface area (Å²) in [6.07, 6.45) is -4.48. The topological polar surface area (TPSA) is 45.8 Å². The van der Waals surface area contributed by atoms with Crippen molar-refractivity contribution < 1.29 is 13.2 Å². The van der Waals surface area contributed by atoms with E-state index in [1.54, 1.807) is 6.92 Å². The molecule has 0 unspecified atom stereocenters. The van der Waals surface area contributed by atoms with Crippen LogP contribution in [-0.4, -0.2) is 10.2 Å². The van der Waals surface area contributed by atoms with Gasteiger partial charge in [-0.05, 0) is 18.9 Å². The van der Waals surface area contributed by atoms with Gasteiger partial charge >= 0.3 is 6.18 Å². The number of hydrogen-bond donors (Lipinski definition) is 1. The van der Waals surface area contributed by atoms with Gasteiger partial charge in [-0.3, -0.25) is 4.79 Å². The van der Waals surface area contributed by atoms with E-state index < -0.39 is 17.3 Å². The number of nitrogens with zero attached hydrogens (tertiary/aromatic N) is 1. The van der Waals surface area contributed by atoms with E-state index in [0.29, 0.717) is 0 Å². The van der Waals surface area contributed by atoms with Crippen LogP contribution >= 0.6 is 0 Å². The fourth-order valence-electron chi connectivity index (χ4n) is 1.31. The maximum absolute atomic E-state index is 12.4. The number of aryl methyl sites for hydroxylation is 1. The molecule has 0 saturated heterocycles. The largest absolute Gasteiger partial charge is 0.422 e. The smallest absolute Gasteiger partial charge is 0.267 e. The molecule has 0 aliphatic rings. The molecule has 0 aliphatic carbocycles. The quantitative estimate of drug-likeness (QED) is 0.759. The molecule has 0 aliphatic heterocycles. The Kier molecular flexibility index (Phi) is 2.64. The maximum atomic E-state index is 12.4. The second-order valence-corrected chi connectivity index (χ2v) is 2.84. The van der Waals surface area contributed by atoms with Gasteiger partial charge in [0.2, 0.25) is 0 Å². The molecule has 0 saturated carbocycles. The van der Waals surface area contributed by atoms with Gasteiger partial charge in [0.15, 0.2) is 0 Å². The van der Waals surface area contributed by atoms with E-state index in [4.69, 9.17) is 0 Å². The monoisotopic (exact) mass is 206 g/mol. The zero-order valence-electron chi connectivity index (χ0n) is 7.70. The van der Waals surface area contributed by atoms with E-state index in [9.17, 15) is 18.0 Å². The van der Waals surface area contributed by atoms with Crippen LogP contribution < -0.4 is 5.56 Å². The lowest BCUT2D eigenvalue weighted by atomic mass is 10.1. The van der Waals surface area contributed by atoms with Crippen molar-refractivity contribution in [1.82, 2.24) is 10.2 Å². The molecule has 1 heterocycles. The third kappa shape index (κ3) is 1.78. The molecule has 0 spiro atoms. The first-order chi connectivity index (χ1) is 6.38. The Balaban J connectivity index is 3.54. The Bertz CT molecular complexity index is 395. The van der Waals surface area contributed by atoms with Crippen LogP contribution in [0.3, 0.4) is 0 Å². The number of alkyl halides is 3. The highest BCUT2D eigenvalue weighted by atomic mass is 19.4. The van der Waals surface area contributed by atoms with E-state index in [1.165, 1.54) is 6.92 Å². The van der Waals surface area contributed by atoms with Crippen LogP contribution in [0.4, 0.5) is 13.2 Å². The molecule has 3 nitrogen and oxygen atoms in total. The molecule has 1 N–H and O–H groups in total. The molecular formula is C8H9F3N2O. The summed E-state index contributed by atoms with van der Waals surface area (Å²) in [5.74, 6) is 0. The average molecular weight is 206 g/mol. The number of hydrogen-bond acceptors (Lipinski definition) is 2. The lowest BCUT2D eigenvalue weighted by molar-refractivity contribution is -0.139. The minimum atomic E-state index is -4.62. The molecular weight excluding hydrogens is 197 g/mol. The molecule has 0 atom stereocenters. The van der Waals surface area contributed by atoms with Gasteiger partial charge < -0.3 is 0 Å². The molecule has 1 rings (SSSR count). The highest BCUT2D eigenvalue weighted by molar-refractivity contribution is 5.29. The van der Waals surface area contributed by atoms with E-state index in [1.807, 2.05) is 5.10 Å². The summed E-state index contributed by atoms with van der Waals surface area (Å²) in [5.41, 5.74) is -2.15. The van der Waals surface area contributed by atoms with Gasteiger partial charge in [-0.1, -0.05) is 6.92 Å². The van der Waals surface area contributed by atoms with Crippen LogP contribution in [0.15, 0.2) is 4.79 Å². The van der Waals surface area contributed by atoms with Crippen molar-refractivity contribution >= 4 is 0 Å². The van der Waals surface area contributed by atoms with E-state index in [2.05, 4.69) is 5.10 Å². The van der Waals surface area contributed by atoms with Gasteiger partial charge in [-0.2, -0.15) is 18.3 Å². The van der Waals surface area contributed by atoms with Gasteiger partial charge in [0, 0.05) is 0 Å². The van der Waals surface area contributed by atoms with Crippen molar-refractivity contribution in [1.29, 1.82) is 0 Å². The number of nitrogens with one attached hydrogen (secondary N) is 1. The zero-order valence-corrected chi connectivity index (χ0v) is 7.70. The molecule has 1 aromatic heterocycles. The third-order valence-electron chi connectivity index (χ3n) is 1.93. The SMILES string of the molecule is CCc1c(C)n[nH]c(=O)c1C(F)(F)F. The Hall–Kier alpha value is -1.33. The van der Waals surface area contributed by atoms with Gasteiger partial charge in [-0.15, -0.1) is 0 Å². The highest BCUT2D eigenvalue weighted by Crippen LogP contribution is 2.29. The summed E-state index contributed by atoms with van der Waals surface area (Å²) in [4.78, 5) is 11.0. The number of aromatic nitrogens is 2. The standard InChI is InChI=1S/C8H9F3N2O/c1-3-5-4(2)12-13-7(14)6(5)8(9,10)11/h3H2,1-2H3,(H,13,14). The molecule has 14 heavy (non-hydrogen) atoms. The average Bonchev–Trinajstić information content (AvgIpc) is 2.06. The minimum Gasteiger partial charge on any atom is -0.267 e. The van der Waals surface area contributed by atoms with E-state index in [0.717, 1.165) is 0 Å². The molecule has 6 heteroatoms. The lowest BCUT2D eigenvalue weighted by Gasteiger charge is -2.11. The Labute approximate surface area is 78.0 Å². The molecule has 0 bridgehead atoms. The zero-order chi connectivity index (χ0) is 10.9. The second-order valence-electron chi connectivity index (χ2n) is 2.84. The number of rotatable bonds is 1. The highest BCUT2D eigenvalue weighted by Gasteiger charge is 2.37. The maximum Gasteiger partial charge on any atom is 0.422 e. The number of halogens is 3. The van der Waals surface area contributed by atoms with E-state index in [-0.39, 0.29) is 17.7 Å². The van der Waals surface area contributed by atoms with Gasteiger partial charge in [0.05, 0.1) is 5.69 Å². The van der Waals surface area contributed by atoms with Crippen molar-refractivity contribution in [2.45, 2.75) is 26.4 Å². The van der Waals surface area contributed by atoms with Crippen LogP contribution in [0.2, 0.25) is 0 Å². The van der Waals surface area contributed by atoms with Crippen molar-refractivity contribution in [3.63, 3.8) is 0 Å². The first-order valence-electron chi connectivity index (χ1n) is 4.03. The van der Waals surface area contributed by atoms with Gasteiger partial charge in [-0.25, -0.2) is 5.10 Å². The van der Waals surface area contributed by atoms with Crippen LogP contribution in [0.1, 0.15) is 23.7 Å². The normalized spacial score (nSPS) is 11.8. The molecule has 1 aromatic rings. The van der Waals surface area contributed by atoms with Gasteiger partial charge in [0.25, 0.3) is 5.56 Å². The van der Waals surface area contributed by atoms with Crippen LogP contribution in [0, 0.1) is 6.92 Å². The van der Waals surface area contributed by atoms with Crippen molar-refractivity contribution in [2.75, 3.05) is 0 Å². The number of H-pyrrole nitrogens is 1. The molecule has 0 aromatic carbocycles. The second kappa shape index (κ2) is 3.43. The summed E-state index contributed by atoms with van der Waals surface area (Å²) in [5, 5.41) is 5.31. The summed E-state index contributed by atoms with van der Waals surface area (Å²) in [7, 11) is 0. The fraction of sp³-hybridized carbons (Fsp3) is 0.500. The Morgan fingerprint density at radius 2 is 2.00 bits per heavy atom. The third-order valence-corrected chi connectivity index (χ3v) is 1.93. The summed E-state index contributed by atoms with van der Waals surface area (Å²) < 4.78 is 37.3. The number of aromatic amines is 1. The van der Waals surface area contributed by atoms with Crippen molar-refractivity contribution in [3.05, 3.63) is 27.2 Å². The van der Waals surface area contributed by atoms with Crippen molar-refractivity contribution in [2.24, 2.45) is 0 Å². The fourth-order valence-corrected chi connectivity index (χ4v) is 1.31. The Morgan fingerprint density at radius 3 is 2.36 bits per heavy atom. The predicted molar refractivity (Wildman–Crippen MR) is 44.0 cm³/mol. The van der Waals surface area contributed by atoms with Crippen LogP contribution in [0.5, 0.6) is 0 Å². The molecule has 0 radical (unpaired) electrons. The van der Waals surface area contributed by atoms with Gasteiger partial charge in [0.1, 0.15) is 5.56 Å². The Morgan fingerprint density at radius 1 is 1.43 bits per heavy atom. The minimum absolute atomic E-state index is 0.0405. The van der Waals surface area contributed by atoms with Crippen LogP contribution in [-0.2, 0) is 12.6 Å². The molecule has 78 valence electrons. The first kappa shape index (κ1) is 10.7.